The molecule has 102 valence electrons. The van der Waals surface area contributed by atoms with Crippen LogP contribution in [-0.4, -0.2) is 20.7 Å². The van der Waals surface area contributed by atoms with Gasteiger partial charge in [0.05, 0.1) is 17.6 Å². The molecule has 0 aromatic carbocycles. The van der Waals surface area contributed by atoms with Crippen LogP contribution < -0.4 is 5.32 Å². The monoisotopic (exact) mass is 260 g/mol. The van der Waals surface area contributed by atoms with Crippen LogP contribution in [0.5, 0.6) is 0 Å². The summed E-state index contributed by atoms with van der Waals surface area (Å²) in [6.45, 7) is 4.07. The van der Waals surface area contributed by atoms with Gasteiger partial charge in [-0.1, -0.05) is 19.8 Å². The molecule has 0 fully saturated rings. The van der Waals surface area contributed by atoms with Crippen molar-refractivity contribution in [3.8, 4) is 0 Å². The molecule has 0 radical (unpaired) electrons. The smallest absolute Gasteiger partial charge is 0.224 e. The molecule has 0 aliphatic carbocycles. The van der Waals surface area contributed by atoms with E-state index in [2.05, 4.69) is 22.3 Å². The maximum Gasteiger partial charge on any atom is 0.224 e. The number of nitrogens with zero attached hydrogens (tertiary/aromatic N) is 3. The van der Waals surface area contributed by atoms with E-state index in [0.29, 0.717) is 6.42 Å². The first kappa shape index (κ1) is 13.5. The van der Waals surface area contributed by atoms with Gasteiger partial charge >= 0.3 is 0 Å². The third kappa shape index (κ3) is 3.10. The molecule has 0 unspecified atom stereocenters. The fourth-order valence-corrected chi connectivity index (χ4v) is 2.14. The molecule has 2 aromatic rings. The summed E-state index contributed by atoms with van der Waals surface area (Å²) in [6.07, 6.45) is 5.39. The topological polar surface area (TPSA) is 59.8 Å². The minimum atomic E-state index is 0.0520. The van der Waals surface area contributed by atoms with Gasteiger partial charge in [-0.3, -0.25) is 9.48 Å². The molecule has 2 aromatic heterocycles. The fraction of sp³-hybridized carbons (Fsp3) is 0.500. The van der Waals surface area contributed by atoms with E-state index in [4.69, 9.17) is 0 Å². The van der Waals surface area contributed by atoms with E-state index in [1.165, 1.54) is 0 Å². The second-order valence-corrected chi connectivity index (χ2v) is 4.81. The number of carbonyl (C=O) groups excluding carboxylic acids is 1. The van der Waals surface area contributed by atoms with Crippen LogP contribution in [0.15, 0.2) is 12.3 Å². The summed E-state index contributed by atoms with van der Waals surface area (Å²) in [5, 5.41) is 8.18. The molecule has 19 heavy (non-hydrogen) atoms. The van der Waals surface area contributed by atoms with Crippen molar-refractivity contribution < 1.29 is 4.79 Å². The summed E-state index contributed by atoms with van der Waals surface area (Å²) >= 11 is 0. The van der Waals surface area contributed by atoms with Crippen LogP contribution in [0.1, 0.15) is 38.3 Å². The lowest BCUT2D eigenvalue weighted by Gasteiger charge is -2.04. The van der Waals surface area contributed by atoms with Gasteiger partial charge in [0, 0.05) is 18.9 Å². The van der Waals surface area contributed by atoms with Gasteiger partial charge in [0.15, 0.2) is 5.65 Å². The number of aromatic nitrogens is 3. The van der Waals surface area contributed by atoms with Gasteiger partial charge in [-0.05, 0) is 19.4 Å². The maximum atomic E-state index is 11.8. The predicted octanol–water partition coefficient (Wildman–Crippen LogP) is 2.80. The Morgan fingerprint density at radius 2 is 2.21 bits per heavy atom. The van der Waals surface area contributed by atoms with E-state index in [-0.39, 0.29) is 5.91 Å². The number of anilines is 1. The van der Waals surface area contributed by atoms with Gasteiger partial charge in [0.1, 0.15) is 0 Å². The molecule has 0 aliphatic rings. The summed E-state index contributed by atoms with van der Waals surface area (Å²) in [5.41, 5.74) is 2.50. The van der Waals surface area contributed by atoms with Crippen LogP contribution in [0.3, 0.4) is 0 Å². The van der Waals surface area contributed by atoms with Crippen LogP contribution in [0.25, 0.3) is 11.0 Å². The minimum Gasteiger partial charge on any atom is -0.325 e. The van der Waals surface area contributed by atoms with E-state index in [1.807, 2.05) is 20.0 Å². The maximum absolute atomic E-state index is 11.8. The Morgan fingerprint density at radius 3 is 2.95 bits per heavy atom. The Bertz CT molecular complexity index is 588. The zero-order valence-corrected chi connectivity index (χ0v) is 11.7. The standard InChI is InChI=1S/C14H20N4O/c1-4-5-6-7-13(19)16-11-8-12-10(2)17-18(3)14(12)15-9-11/h8-9H,4-7H2,1-3H3,(H,16,19). The molecule has 0 saturated carbocycles. The number of pyridine rings is 1. The molecule has 0 bridgehead atoms. The van der Waals surface area contributed by atoms with Crippen molar-refractivity contribution in [2.75, 3.05) is 5.32 Å². The van der Waals surface area contributed by atoms with Crippen molar-refractivity contribution in [2.24, 2.45) is 7.05 Å². The SMILES string of the molecule is CCCCCC(=O)Nc1cnc2c(c1)c(C)nn2C. The zero-order chi connectivity index (χ0) is 13.8. The van der Waals surface area contributed by atoms with E-state index >= 15 is 0 Å². The molecule has 1 N–H and O–H groups in total. The highest BCUT2D eigenvalue weighted by Crippen LogP contribution is 2.19. The highest BCUT2D eigenvalue weighted by Gasteiger charge is 2.08. The van der Waals surface area contributed by atoms with Gasteiger partial charge in [-0.25, -0.2) is 4.98 Å². The molecule has 1 amide bonds. The van der Waals surface area contributed by atoms with Crippen LogP contribution in [0, 0.1) is 6.92 Å². The molecular weight excluding hydrogens is 240 g/mol. The molecule has 5 heteroatoms. The highest BCUT2D eigenvalue weighted by atomic mass is 16.1. The molecule has 5 nitrogen and oxygen atoms in total. The minimum absolute atomic E-state index is 0.0520. The number of carbonyl (C=O) groups is 1. The number of hydrogen-bond donors (Lipinski definition) is 1. The summed E-state index contributed by atoms with van der Waals surface area (Å²) in [7, 11) is 1.87. The van der Waals surface area contributed by atoms with Crippen molar-refractivity contribution >= 4 is 22.6 Å². The molecule has 0 spiro atoms. The lowest BCUT2D eigenvalue weighted by Crippen LogP contribution is -2.11. The normalized spacial score (nSPS) is 10.9. The molecule has 2 heterocycles. The summed E-state index contributed by atoms with van der Waals surface area (Å²) in [4.78, 5) is 16.1. The number of fused-ring (bicyclic) bond motifs is 1. The summed E-state index contributed by atoms with van der Waals surface area (Å²) in [5.74, 6) is 0.0520. The number of aryl methyl sites for hydroxylation is 2. The summed E-state index contributed by atoms with van der Waals surface area (Å²) < 4.78 is 1.75. The van der Waals surface area contributed by atoms with Crippen molar-refractivity contribution in [3.05, 3.63) is 18.0 Å². The van der Waals surface area contributed by atoms with Crippen molar-refractivity contribution in [1.29, 1.82) is 0 Å². The highest BCUT2D eigenvalue weighted by molar-refractivity contribution is 5.93. The average Bonchev–Trinajstić information content (AvgIpc) is 2.65. The van der Waals surface area contributed by atoms with E-state index in [9.17, 15) is 4.79 Å². The van der Waals surface area contributed by atoms with E-state index in [0.717, 1.165) is 41.7 Å². The van der Waals surface area contributed by atoms with Gasteiger partial charge in [-0.15, -0.1) is 0 Å². The van der Waals surface area contributed by atoms with Crippen molar-refractivity contribution in [1.82, 2.24) is 14.8 Å². The number of amides is 1. The van der Waals surface area contributed by atoms with Crippen LogP contribution in [-0.2, 0) is 11.8 Å². The Hall–Kier alpha value is -1.91. The van der Waals surface area contributed by atoms with E-state index < -0.39 is 0 Å². The largest absolute Gasteiger partial charge is 0.325 e. The van der Waals surface area contributed by atoms with Crippen molar-refractivity contribution in [2.45, 2.75) is 39.5 Å². The average molecular weight is 260 g/mol. The van der Waals surface area contributed by atoms with Gasteiger partial charge in [-0.2, -0.15) is 5.10 Å². The number of hydrogen-bond acceptors (Lipinski definition) is 3. The summed E-state index contributed by atoms with van der Waals surface area (Å²) in [6, 6.07) is 1.93. The first-order valence-corrected chi connectivity index (χ1v) is 6.71. The third-order valence-corrected chi connectivity index (χ3v) is 3.15. The Labute approximate surface area is 113 Å². The molecule has 0 saturated heterocycles. The fourth-order valence-electron chi connectivity index (χ4n) is 2.14. The predicted molar refractivity (Wildman–Crippen MR) is 76.0 cm³/mol. The lowest BCUT2D eigenvalue weighted by atomic mass is 10.2. The van der Waals surface area contributed by atoms with Crippen LogP contribution in [0.4, 0.5) is 5.69 Å². The zero-order valence-electron chi connectivity index (χ0n) is 11.7. The first-order valence-electron chi connectivity index (χ1n) is 6.71. The first-order chi connectivity index (χ1) is 9.11. The quantitative estimate of drug-likeness (QED) is 0.841. The Balaban J connectivity index is 2.09. The van der Waals surface area contributed by atoms with Gasteiger partial charge < -0.3 is 5.32 Å². The van der Waals surface area contributed by atoms with Gasteiger partial charge in [0.2, 0.25) is 5.91 Å². The second kappa shape index (κ2) is 5.82. The molecule has 0 aliphatic heterocycles. The second-order valence-electron chi connectivity index (χ2n) is 4.81. The van der Waals surface area contributed by atoms with E-state index in [1.54, 1.807) is 10.9 Å². The molecule has 2 rings (SSSR count). The number of unbranched alkanes of at least 4 members (excludes halogenated alkanes) is 2. The Kier molecular flexibility index (Phi) is 4.14. The van der Waals surface area contributed by atoms with Crippen molar-refractivity contribution in [3.63, 3.8) is 0 Å². The number of nitrogens with one attached hydrogen (secondary N) is 1. The van der Waals surface area contributed by atoms with Crippen LogP contribution >= 0.6 is 0 Å². The van der Waals surface area contributed by atoms with Crippen LogP contribution in [0.2, 0.25) is 0 Å². The lowest BCUT2D eigenvalue weighted by molar-refractivity contribution is -0.116. The Morgan fingerprint density at radius 1 is 1.42 bits per heavy atom. The third-order valence-electron chi connectivity index (χ3n) is 3.15. The molecular formula is C14H20N4O. The molecule has 0 atom stereocenters. The van der Waals surface area contributed by atoms with Gasteiger partial charge in [0.25, 0.3) is 0 Å². The number of rotatable bonds is 5.